The van der Waals surface area contributed by atoms with E-state index < -0.39 is 5.41 Å². The molecule has 23 heavy (non-hydrogen) atoms. The van der Waals surface area contributed by atoms with Gasteiger partial charge in [0.1, 0.15) is 18.2 Å². The maximum absolute atomic E-state index is 13.1. The summed E-state index contributed by atoms with van der Waals surface area (Å²) in [5, 5.41) is 2.93. The van der Waals surface area contributed by atoms with E-state index in [0.29, 0.717) is 12.4 Å². The third-order valence-electron chi connectivity index (χ3n) is 3.88. The topological polar surface area (TPSA) is 38.3 Å². The number of carbonyl (C=O) groups excluding carboxylic acids is 1. The standard InChI is InChI=1S/C19H22FNO2/c1-4-19(2,3)18(22)21-16-9-5-7-14(11-16)13-23-17-10-6-8-15(20)12-17/h5-12H,4,13H2,1-3H3,(H,21,22). The van der Waals surface area contributed by atoms with Crippen molar-refractivity contribution in [2.45, 2.75) is 33.8 Å². The lowest BCUT2D eigenvalue weighted by molar-refractivity contribution is -0.124. The van der Waals surface area contributed by atoms with E-state index >= 15 is 0 Å². The van der Waals surface area contributed by atoms with E-state index in [9.17, 15) is 9.18 Å². The molecule has 0 saturated carbocycles. The molecule has 0 saturated heterocycles. The minimum atomic E-state index is -0.409. The van der Waals surface area contributed by atoms with Crippen LogP contribution in [-0.4, -0.2) is 5.91 Å². The average molecular weight is 315 g/mol. The van der Waals surface area contributed by atoms with Gasteiger partial charge in [0.15, 0.2) is 0 Å². The molecule has 1 amide bonds. The Morgan fingerprint density at radius 3 is 2.61 bits per heavy atom. The number of hydrogen-bond acceptors (Lipinski definition) is 2. The SMILES string of the molecule is CCC(C)(C)C(=O)Nc1cccc(COc2cccc(F)c2)c1. The Kier molecular flexibility index (Phi) is 5.37. The third kappa shape index (κ3) is 4.81. The summed E-state index contributed by atoms with van der Waals surface area (Å²) < 4.78 is 18.7. The summed E-state index contributed by atoms with van der Waals surface area (Å²) >= 11 is 0. The first-order valence-electron chi connectivity index (χ1n) is 7.69. The zero-order chi connectivity index (χ0) is 16.9. The van der Waals surface area contributed by atoms with Crippen LogP contribution in [0.3, 0.4) is 0 Å². The molecule has 3 nitrogen and oxygen atoms in total. The van der Waals surface area contributed by atoms with E-state index in [1.165, 1.54) is 12.1 Å². The lowest BCUT2D eigenvalue weighted by atomic mass is 9.89. The largest absolute Gasteiger partial charge is 0.489 e. The molecule has 1 N–H and O–H groups in total. The summed E-state index contributed by atoms with van der Waals surface area (Å²) in [6, 6.07) is 13.5. The first-order valence-corrected chi connectivity index (χ1v) is 7.69. The molecule has 4 heteroatoms. The van der Waals surface area contributed by atoms with Crippen LogP contribution in [0.25, 0.3) is 0 Å². The summed E-state index contributed by atoms with van der Waals surface area (Å²) in [5.74, 6) is 0.139. The van der Waals surface area contributed by atoms with Gasteiger partial charge in [-0.3, -0.25) is 4.79 Å². The summed E-state index contributed by atoms with van der Waals surface area (Å²) in [6.07, 6.45) is 0.765. The highest BCUT2D eigenvalue weighted by molar-refractivity contribution is 5.94. The van der Waals surface area contributed by atoms with E-state index in [2.05, 4.69) is 5.32 Å². The van der Waals surface area contributed by atoms with E-state index in [-0.39, 0.29) is 11.7 Å². The number of carbonyl (C=O) groups is 1. The molecule has 0 aliphatic heterocycles. The predicted molar refractivity (Wildman–Crippen MR) is 89.9 cm³/mol. The highest BCUT2D eigenvalue weighted by atomic mass is 19.1. The van der Waals surface area contributed by atoms with Crippen molar-refractivity contribution in [1.82, 2.24) is 0 Å². The molecule has 0 heterocycles. The summed E-state index contributed by atoms with van der Waals surface area (Å²) in [7, 11) is 0. The van der Waals surface area contributed by atoms with E-state index in [0.717, 1.165) is 17.7 Å². The number of rotatable bonds is 6. The number of hydrogen-bond donors (Lipinski definition) is 1. The zero-order valence-corrected chi connectivity index (χ0v) is 13.7. The maximum Gasteiger partial charge on any atom is 0.230 e. The van der Waals surface area contributed by atoms with Crippen LogP contribution in [0.1, 0.15) is 32.8 Å². The first kappa shape index (κ1) is 17.0. The van der Waals surface area contributed by atoms with E-state index in [4.69, 9.17) is 4.74 Å². The van der Waals surface area contributed by atoms with Crippen molar-refractivity contribution in [3.05, 3.63) is 59.9 Å². The average Bonchev–Trinajstić information content (AvgIpc) is 2.53. The second-order valence-electron chi connectivity index (χ2n) is 6.14. The van der Waals surface area contributed by atoms with Crippen molar-refractivity contribution in [3.63, 3.8) is 0 Å². The molecule has 0 bridgehead atoms. The van der Waals surface area contributed by atoms with Gasteiger partial charge in [-0.15, -0.1) is 0 Å². The van der Waals surface area contributed by atoms with Crippen molar-refractivity contribution < 1.29 is 13.9 Å². The Balaban J connectivity index is 2.01. The Bertz CT molecular complexity index is 683. The summed E-state index contributed by atoms with van der Waals surface area (Å²) in [4.78, 5) is 12.2. The Hall–Kier alpha value is -2.36. The van der Waals surface area contributed by atoms with Gasteiger partial charge in [-0.05, 0) is 36.2 Å². The fraction of sp³-hybridized carbons (Fsp3) is 0.316. The molecule has 2 aromatic rings. The molecule has 0 aromatic heterocycles. The van der Waals surface area contributed by atoms with Gasteiger partial charge in [-0.1, -0.05) is 39.0 Å². The molecule has 0 unspecified atom stereocenters. The molecule has 122 valence electrons. The van der Waals surface area contributed by atoms with Crippen molar-refractivity contribution in [1.29, 1.82) is 0 Å². The van der Waals surface area contributed by atoms with Gasteiger partial charge in [0.2, 0.25) is 5.91 Å². The molecule has 0 spiro atoms. The summed E-state index contributed by atoms with van der Waals surface area (Å²) in [5.41, 5.74) is 1.23. The Morgan fingerprint density at radius 1 is 1.17 bits per heavy atom. The van der Waals surface area contributed by atoms with Crippen molar-refractivity contribution >= 4 is 11.6 Å². The van der Waals surface area contributed by atoms with Crippen LogP contribution in [0.2, 0.25) is 0 Å². The maximum atomic E-state index is 13.1. The van der Waals surface area contributed by atoms with Gasteiger partial charge in [0.25, 0.3) is 0 Å². The molecule has 0 aliphatic rings. The van der Waals surface area contributed by atoms with Crippen molar-refractivity contribution in [2.24, 2.45) is 5.41 Å². The molecule has 0 radical (unpaired) electrons. The van der Waals surface area contributed by atoms with Crippen LogP contribution in [0.5, 0.6) is 5.75 Å². The third-order valence-corrected chi connectivity index (χ3v) is 3.88. The first-order chi connectivity index (χ1) is 10.9. The number of amides is 1. The van der Waals surface area contributed by atoms with Crippen LogP contribution >= 0.6 is 0 Å². The van der Waals surface area contributed by atoms with Gasteiger partial charge in [-0.25, -0.2) is 4.39 Å². The van der Waals surface area contributed by atoms with Crippen LogP contribution in [-0.2, 0) is 11.4 Å². The second-order valence-corrected chi connectivity index (χ2v) is 6.14. The lowest BCUT2D eigenvalue weighted by Crippen LogP contribution is -2.30. The second kappa shape index (κ2) is 7.27. The van der Waals surface area contributed by atoms with Gasteiger partial charge < -0.3 is 10.1 Å². The van der Waals surface area contributed by atoms with Crippen LogP contribution < -0.4 is 10.1 Å². The minimum Gasteiger partial charge on any atom is -0.489 e. The zero-order valence-electron chi connectivity index (χ0n) is 13.7. The van der Waals surface area contributed by atoms with Crippen molar-refractivity contribution in [2.75, 3.05) is 5.32 Å². The number of halogens is 1. The molecule has 0 fully saturated rings. The minimum absolute atomic E-state index is 0.0109. The quantitative estimate of drug-likeness (QED) is 0.833. The smallest absolute Gasteiger partial charge is 0.230 e. The van der Waals surface area contributed by atoms with E-state index in [1.807, 2.05) is 45.0 Å². The highest BCUT2D eigenvalue weighted by Gasteiger charge is 2.25. The van der Waals surface area contributed by atoms with Gasteiger partial charge in [0.05, 0.1) is 0 Å². The molecule has 2 aromatic carbocycles. The Labute approximate surface area is 136 Å². The van der Waals surface area contributed by atoms with Gasteiger partial charge >= 0.3 is 0 Å². The van der Waals surface area contributed by atoms with Crippen LogP contribution in [0, 0.1) is 11.2 Å². The van der Waals surface area contributed by atoms with Gasteiger partial charge in [-0.2, -0.15) is 0 Å². The molecule has 2 rings (SSSR count). The van der Waals surface area contributed by atoms with Crippen molar-refractivity contribution in [3.8, 4) is 5.75 Å². The number of nitrogens with one attached hydrogen (secondary N) is 1. The fourth-order valence-corrected chi connectivity index (χ4v) is 1.92. The number of anilines is 1. The van der Waals surface area contributed by atoms with Crippen LogP contribution in [0.4, 0.5) is 10.1 Å². The molecular weight excluding hydrogens is 293 g/mol. The highest BCUT2D eigenvalue weighted by Crippen LogP contribution is 2.23. The monoisotopic (exact) mass is 315 g/mol. The van der Waals surface area contributed by atoms with E-state index in [1.54, 1.807) is 12.1 Å². The predicted octanol–water partition coefficient (Wildman–Crippen LogP) is 4.78. The Morgan fingerprint density at radius 2 is 1.91 bits per heavy atom. The number of ether oxygens (including phenoxy) is 1. The molecule has 0 atom stereocenters. The number of benzene rings is 2. The van der Waals surface area contributed by atoms with Crippen LogP contribution in [0.15, 0.2) is 48.5 Å². The molecule has 0 aliphatic carbocycles. The molecular formula is C19H22FNO2. The lowest BCUT2D eigenvalue weighted by Gasteiger charge is -2.21. The fourth-order valence-electron chi connectivity index (χ4n) is 1.92. The van der Waals surface area contributed by atoms with Gasteiger partial charge in [0, 0.05) is 17.2 Å². The summed E-state index contributed by atoms with van der Waals surface area (Å²) in [6.45, 7) is 6.13. The normalized spacial score (nSPS) is 11.1.